The SMILES string of the molecule is O=C(NNC(=O)C1CCCN1C(=O)c1cccs1)c1ccc(Cl)cc1. The molecule has 0 aliphatic carbocycles. The molecular weight excluding hydrogens is 362 g/mol. The molecule has 0 saturated carbocycles. The lowest BCUT2D eigenvalue weighted by atomic mass is 10.2. The number of hydrazine groups is 1. The molecule has 2 N–H and O–H groups in total. The van der Waals surface area contributed by atoms with Gasteiger partial charge in [-0.3, -0.25) is 25.2 Å². The van der Waals surface area contributed by atoms with E-state index in [-0.39, 0.29) is 5.91 Å². The van der Waals surface area contributed by atoms with Crippen molar-refractivity contribution >= 4 is 40.7 Å². The molecule has 8 heteroatoms. The van der Waals surface area contributed by atoms with Crippen molar-refractivity contribution in [3.63, 3.8) is 0 Å². The first kappa shape index (κ1) is 17.4. The van der Waals surface area contributed by atoms with Gasteiger partial charge in [0.05, 0.1) is 4.88 Å². The summed E-state index contributed by atoms with van der Waals surface area (Å²) in [6.45, 7) is 0.528. The van der Waals surface area contributed by atoms with Crippen molar-refractivity contribution in [1.82, 2.24) is 15.8 Å². The lowest BCUT2D eigenvalue weighted by Crippen LogP contribution is -2.51. The van der Waals surface area contributed by atoms with Gasteiger partial charge in [-0.15, -0.1) is 11.3 Å². The Labute approximate surface area is 153 Å². The Hall–Kier alpha value is -2.38. The number of thiophene rings is 1. The second kappa shape index (κ2) is 7.67. The summed E-state index contributed by atoms with van der Waals surface area (Å²) in [5.74, 6) is -0.999. The molecule has 3 amide bonds. The lowest BCUT2D eigenvalue weighted by Gasteiger charge is -2.23. The molecule has 0 bridgehead atoms. The zero-order chi connectivity index (χ0) is 17.8. The van der Waals surface area contributed by atoms with E-state index in [9.17, 15) is 14.4 Å². The van der Waals surface area contributed by atoms with E-state index in [1.165, 1.54) is 11.3 Å². The van der Waals surface area contributed by atoms with Gasteiger partial charge in [0.15, 0.2) is 0 Å². The summed E-state index contributed by atoms with van der Waals surface area (Å²) in [4.78, 5) is 39.0. The summed E-state index contributed by atoms with van der Waals surface area (Å²) < 4.78 is 0. The van der Waals surface area contributed by atoms with Crippen LogP contribution in [0.15, 0.2) is 41.8 Å². The van der Waals surface area contributed by atoms with E-state index < -0.39 is 17.9 Å². The van der Waals surface area contributed by atoms with Crippen LogP contribution in [0.2, 0.25) is 5.02 Å². The highest BCUT2D eigenvalue weighted by Crippen LogP contribution is 2.22. The maximum atomic E-state index is 12.5. The zero-order valence-electron chi connectivity index (χ0n) is 13.2. The molecule has 1 aliphatic heterocycles. The molecule has 1 fully saturated rings. The number of benzene rings is 1. The summed E-state index contributed by atoms with van der Waals surface area (Å²) in [5.41, 5.74) is 5.16. The van der Waals surface area contributed by atoms with Crippen LogP contribution in [0.4, 0.5) is 0 Å². The van der Waals surface area contributed by atoms with Gasteiger partial charge in [-0.1, -0.05) is 17.7 Å². The molecule has 6 nitrogen and oxygen atoms in total. The van der Waals surface area contributed by atoms with Crippen molar-refractivity contribution in [3.8, 4) is 0 Å². The molecule has 1 aliphatic rings. The Kier molecular flexibility index (Phi) is 5.35. The van der Waals surface area contributed by atoms with Gasteiger partial charge in [0, 0.05) is 17.1 Å². The van der Waals surface area contributed by atoms with E-state index in [1.54, 1.807) is 41.3 Å². The molecule has 1 unspecified atom stereocenters. The molecular formula is C17H16ClN3O3S. The van der Waals surface area contributed by atoms with Gasteiger partial charge in [-0.2, -0.15) is 0 Å². The third-order valence-corrected chi connectivity index (χ3v) is 5.06. The second-order valence-electron chi connectivity index (χ2n) is 5.58. The summed E-state index contributed by atoms with van der Waals surface area (Å²) in [7, 11) is 0. The smallest absolute Gasteiger partial charge is 0.269 e. The molecule has 3 rings (SSSR count). The number of amides is 3. The van der Waals surface area contributed by atoms with Crippen LogP contribution in [0.3, 0.4) is 0 Å². The van der Waals surface area contributed by atoms with Crippen LogP contribution in [0.25, 0.3) is 0 Å². The lowest BCUT2D eigenvalue weighted by molar-refractivity contribution is -0.125. The van der Waals surface area contributed by atoms with Crippen LogP contribution >= 0.6 is 22.9 Å². The maximum absolute atomic E-state index is 12.5. The number of nitrogens with one attached hydrogen (secondary N) is 2. The van der Waals surface area contributed by atoms with Gasteiger partial charge in [0.1, 0.15) is 6.04 Å². The minimum Gasteiger partial charge on any atom is -0.326 e. The molecule has 25 heavy (non-hydrogen) atoms. The second-order valence-corrected chi connectivity index (χ2v) is 6.97. The highest BCUT2D eigenvalue weighted by molar-refractivity contribution is 7.12. The number of rotatable bonds is 3. The summed E-state index contributed by atoms with van der Waals surface area (Å²) in [6, 6.07) is 9.27. The molecule has 1 saturated heterocycles. The van der Waals surface area contributed by atoms with E-state index in [0.717, 1.165) is 6.42 Å². The fourth-order valence-electron chi connectivity index (χ4n) is 2.70. The average Bonchev–Trinajstić information content (AvgIpc) is 3.30. The van der Waals surface area contributed by atoms with E-state index in [2.05, 4.69) is 10.9 Å². The quantitative estimate of drug-likeness (QED) is 0.806. The number of carbonyl (C=O) groups is 3. The number of halogens is 1. The molecule has 0 spiro atoms. The number of nitrogens with zero attached hydrogens (tertiary/aromatic N) is 1. The van der Waals surface area contributed by atoms with Crippen LogP contribution in [0.5, 0.6) is 0 Å². The minimum absolute atomic E-state index is 0.156. The number of hydrogen-bond acceptors (Lipinski definition) is 4. The Bertz CT molecular complexity index is 777. The predicted molar refractivity (Wildman–Crippen MR) is 95.4 cm³/mol. The van der Waals surface area contributed by atoms with E-state index in [0.29, 0.717) is 28.4 Å². The molecule has 1 atom stereocenters. The molecule has 0 radical (unpaired) electrons. The van der Waals surface area contributed by atoms with Crippen molar-refractivity contribution in [3.05, 3.63) is 57.2 Å². The molecule has 130 valence electrons. The topological polar surface area (TPSA) is 78.5 Å². The summed E-state index contributed by atoms with van der Waals surface area (Å²) in [6.07, 6.45) is 1.32. The Morgan fingerprint density at radius 2 is 1.88 bits per heavy atom. The van der Waals surface area contributed by atoms with E-state index in [4.69, 9.17) is 11.6 Å². The van der Waals surface area contributed by atoms with Gasteiger partial charge >= 0.3 is 0 Å². The summed E-state index contributed by atoms with van der Waals surface area (Å²) >= 11 is 7.12. The molecule has 1 aromatic carbocycles. The normalized spacial score (nSPS) is 16.5. The monoisotopic (exact) mass is 377 g/mol. The van der Waals surface area contributed by atoms with Gasteiger partial charge < -0.3 is 4.90 Å². The van der Waals surface area contributed by atoms with Crippen molar-refractivity contribution in [2.24, 2.45) is 0 Å². The fourth-order valence-corrected chi connectivity index (χ4v) is 3.50. The number of likely N-dealkylation sites (tertiary alicyclic amines) is 1. The van der Waals surface area contributed by atoms with Crippen molar-refractivity contribution in [1.29, 1.82) is 0 Å². The minimum atomic E-state index is -0.583. The standard InChI is InChI=1S/C17H16ClN3O3S/c18-12-7-5-11(6-8-12)15(22)19-20-16(23)13-3-1-9-21(13)17(24)14-4-2-10-25-14/h2,4-8,10,13H,1,3,9H2,(H,19,22)(H,20,23). The van der Waals surface area contributed by atoms with Crippen molar-refractivity contribution in [2.45, 2.75) is 18.9 Å². The van der Waals surface area contributed by atoms with E-state index in [1.807, 2.05) is 5.38 Å². The highest BCUT2D eigenvalue weighted by Gasteiger charge is 2.35. The van der Waals surface area contributed by atoms with Gasteiger partial charge in [-0.05, 0) is 48.6 Å². The van der Waals surface area contributed by atoms with Crippen LogP contribution < -0.4 is 10.9 Å². The average molecular weight is 378 g/mol. The molecule has 1 aromatic heterocycles. The fraction of sp³-hybridized carbons (Fsp3) is 0.235. The van der Waals surface area contributed by atoms with E-state index >= 15 is 0 Å². The molecule has 2 aromatic rings. The Morgan fingerprint density at radius 1 is 1.12 bits per heavy atom. The van der Waals surface area contributed by atoms with Crippen LogP contribution in [0, 0.1) is 0 Å². The molecule has 2 heterocycles. The number of carbonyl (C=O) groups excluding carboxylic acids is 3. The van der Waals surface area contributed by atoms with Gasteiger partial charge in [0.2, 0.25) is 0 Å². The Balaban J connectivity index is 1.59. The van der Waals surface area contributed by atoms with Crippen molar-refractivity contribution in [2.75, 3.05) is 6.54 Å². The van der Waals surface area contributed by atoms with Gasteiger partial charge in [-0.25, -0.2) is 0 Å². The van der Waals surface area contributed by atoms with Crippen LogP contribution in [0.1, 0.15) is 32.9 Å². The first-order valence-electron chi connectivity index (χ1n) is 7.76. The first-order chi connectivity index (χ1) is 12.1. The predicted octanol–water partition coefficient (Wildman–Crippen LogP) is 2.47. The van der Waals surface area contributed by atoms with Gasteiger partial charge in [0.25, 0.3) is 17.7 Å². The van der Waals surface area contributed by atoms with Crippen LogP contribution in [-0.4, -0.2) is 35.2 Å². The Morgan fingerprint density at radius 3 is 2.56 bits per heavy atom. The number of hydrogen-bond donors (Lipinski definition) is 2. The third kappa shape index (κ3) is 4.00. The zero-order valence-corrected chi connectivity index (χ0v) is 14.8. The van der Waals surface area contributed by atoms with Crippen LogP contribution in [-0.2, 0) is 4.79 Å². The highest BCUT2D eigenvalue weighted by atomic mass is 35.5. The maximum Gasteiger partial charge on any atom is 0.269 e. The summed E-state index contributed by atoms with van der Waals surface area (Å²) in [5, 5.41) is 2.35. The first-order valence-corrected chi connectivity index (χ1v) is 9.02. The third-order valence-electron chi connectivity index (χ3n) is 3.95. The largest absolute Gasteiger partial charge is 0.326 e. The van der Waals surface area contributed by atoms with Crippen molar-refractivity contribution < 1.29 is 14.4 Å².